The van der Waals surface area contributed by atoms with E-state index < -0.39 is 20.3 Å². The first-order valence-electron chi connectivity index (χ1n) is 12.3. The molecule has 0 unspecified atom stereocenters. The van der Waals surface area contributed by atoms with E-state index in [-0.39, 0.29) is 23.4 Å². The fraction of sp³-hybridized carbons (Fsp3) is 0.640. The van der Waals surface area contributed by atoms with Gasteiger partial charge < -0.3 is 23.2 Å². The van der Waals surface area contributed by atoms with Crippen molar-refractivity contribution in [3.05, 3.63) is 36.2 Å². The first-order chi connectivity index (χ1) is 16.3. The van der Waals surface area contributed by atoms with E-state index in [0.717, 1.165) is 17.2 Å². The molecule has 2 aliphatic rings. The number of imidazole rings is 1. The van der Waals surface area contributed by atoms with Crippen LogP contribution in [0.1, 0.15) is 52.2 Å². The van der Waals surface area contributed by atoms with Crippen molar-refractivity contribution >= 4 is 19.5 Å². The molecule has 5 heterocycles. The number of rotatable bonds is 5. The lowest BCUT2D eigenvalue weighted by atomic mass is 10.1. The van der Waals surface area contributed by atoms with Gasteiger partial charge in [-0.15, -0.1) is 0 Å². The van der Waals surface area contributed by atoms with Gasteiger partial charge in [-0.3, -0.25) is 4.57 Å². The normalized spacial score (nSPS) is 26.5. The maximum absolute atomic E-state index is 6.56. The van der Waals surface area contributed by atoms with Crippen LogP contribution in [-0.2, 0) is 18.6 Å². The number of fused-ring (bicyclic) bond motifs is 2. The summed E-state index contributed by atoms with van der Waals surface area (Å²) in [6, 6.07) is 4.15. The van der Waals surface area contributed by atoms with E-state index in [1.54, 1.807) is 12.7 Å². The highest BCUT2D eigenvalue weighted by Crippen LogP contribution is 2.45. The highest BCUT2D eigenvalue weighted by atomic mass is 28.4. The number of aromatic nitrogens is 5. The Hall–Kier alpha value is -2.11. The molecule has 0 N–H and O–H groups in total. The summed E-state index contributed by atoms with van der Waals surface area (Å²) in [5.74, 6) is 0.0488. The van der Waals surface area contributed by atoms with E-state index in [4.69, 9.17) is 23.6 Å². The minimum absolute atomic E-state index is 0.110. The number of hydrogen-bond donors (Lipinski definition) is 0. The Bertz CT molecular complexity index is 1220. The van der Waals surface area contributed by atoms with Gasteiger partial charge in [0, 0.05) is 11.4 Å². The fourth-order valence-electron chi connectivity index (χ4n) is 4.72. The highest BCUT2D eigenvalue weighted by molar-refractivity contribution is 6.74. The standard InChI is InChI=1S/C25H37N5O4Si/c1-15-10-11-16(2)30(15)22-18-21(26-13-27-22)29(14-28-18)23-20-19(33-25(6,7)34-20)17(32-23)12-31-35(8,9)24(3,4)5/h10-11,13-14,17,19-20,23H,12H2,1-9H3/t17-,19-,20-,23-/m1/s1. The fourth-order valence-corrected chi connectivity index (χ4v) is 5.73. The van der Waals surface area contributed by atoms with Gasteiger partial charge in [0.1, 0.15) is 24.6 Å². The third-order valence-electron chi connectivity index (χ3n) is 7.64. The van der Waals surface area contributed by atoms with Crippen LogP contribution in [0.3, 0.4) is 0 Å². The van der Waals surface area contributed by atoms with Crippen LogP contribution in [0, 0.1) is 13.8 Å². The maximum atomic E-state index is 6.56. The van der Waals surface area contributed by atoms with Gasteiger partial charge in [0.2, 0.25) is 0 Å². The molecule has 0 amide bonds. The van der Waals surface area contributed by atoms with E-state index in [1.165, 1.54) is 0 Å². The van der Waals surface area contributed by atoms with Gasteiger partial charge in [-0.25, -0.2) is 15.0 Å². The maximum Gasteiger partial charge on any atom is 0.192 e. The summed E-state index contributed by atoms with van der Waals surface area (Å²) in [6.45, 7) is 19.7. The van der Waals surface area contributed by atoms with Crippen LogP contribution in [0.5, 0.6) is 0 Å². The molecule has 2 fully saturated rings. The molecule has 0 bridgehead atoms. The van der Waals surface area contributed by atoms with Gasteiger partial charge in [0.25, 0.3) is 0 Å². The Labute approximate surface area is 207 Å². The Morgan fingerprint density at radius 3 is 2.34 bits per heavy atom. The molecular formula is C25H37N5O4Si. The van der Waals surface area contributed by atoms with E-state index in [0.29, 0.717) is 17.8 Å². The second-order valence-electron chi connectivity index (χ2n) is 11.7. The number of nitrogens with zero attached hydrogens (tertiary/aromatic N) is 5. The smallest absolute Gasteiger partial charge is 0.192 e. The number of ether oxygens (including phenoxy) is 3. The molecule has 4 atom stereocenters. The SMILES string of the molecule is Cc1ccc(C)n1-c1ncnc2c1ncn2[C@@H]1O[C@H](CO[Si](C)(C)C(C)(C)C)[C@H]2OC(C)(C)O[C@H]21. The first-order valence-corrected chi connectivity index (χ1v) is 15.2. The number of hydrogen-bond acceptors (Lipinski definition) is 7. The quantitative estimate of drug-likeness (QED) is 0.472. The molecule has 35 heavy (non-hydrogen) atoms. The Morgan fingerprint density at radius 1 is 1.03 bits per heavy atom. The van der Waals surface area contributed by atoms with Crippen molar-refractivity contribution in [2.75, 3.05) is 6.61 Å². The average Bonchev–Trinajstić information content (AvgIpc) is 3.48. The summed E-state index contributed by atoms with van der Waals surface area (Å²) in [5.41, 5.74) is 3.59. The first kappa shape index (κ1) is 24.6. The molecule has 2 saturated heterocycles. The molecule has 3 aromatic heterocycles. The molecule has 190 valence electrons. The predicted molar refractivity (Wildman–Crippen MR) is 135 cm³/mol. The zero-order valence-corrected chi connectivity index (χ0v) is 23.2. The Kier molecular flexibility index (Phi) is 5.76. The van der Waals surface area contributed by atoms with Crippen molar-refractivity contribution in [2.45, 2.75) is 96.9 Å². The molecule has 0 aromatic carbocycles. The van der Waals surface area contributed by atoms with Gasteiger partial charge >= 0.3 is 0 Å². The molecule has 3 aromatic rings. The molecule has 9 nitrogen and oxygen atoms in total. The van der Waals surface area contributed by atoms with Crippen LogP contribution >= 0.6 is 0 Å². The van der Waals surface area contributed by atoms with Gasteiger partial charge in [-0.1, -0.05) is 20.8 Å². The van der Waals surface area contributed by atoms with Gasteiger partial charge in [-0.2, -0.15) is 0 Å². The molecule has 0 radical (unpaired) electrons. The molecule has 2 aliphatic heterocycles. The zero-order chi connectivity index (χ0) is 25.3. The van der Waals surface area contributed by atoms with Crippen molar-refractivity contribution in [3.63, 3.8) is 0 Å². The summed E-state index contributed by atoms with van der Waals surface area (Å²) in [6.07, 6.45) is 2.11. The topological polar surface area (TPSA) is 85.5 Å². The molecule has 5 rings (SSSR count). The van der Waals surface area contributed by atoms with Crippen LogP contribution < -0.4 is 0 Å². The third kappa shape index (κ3) is 4.15. The second kappa shape index (κ2) is 8.21. The second-order valence-corrected chi connectivity index (χ2v) is 16.5. The third-order valence-corrected chi connectivity index (χ3v) is 12.1. The van der Waals surface area contributed by atoms with Crippen LogP contribution in [-0.4, -0.2) is 63.1 Å². The monoisotopic (exact) mass is 499 g/mol. The summed E-state index contributed by atoms with van der Waals surface area (Å²) in [4.78, 5) is 13.9. The minimum atomic E-state index is -1.95. The lowest BCUT2D eigenvalue weighted by molar-refractivity contribution is -0.199. The van der Waals surface area contributed by atoms with Gasteiger partial charge in [0.05, 0.1) is 12.9 Å². The van der Waals surface area contributed by atoms with Crippen LogP contribution in [0.4, 0.5) is 0 Å². The summed E-state index contributed by atoms with van der Waals surface area (Å²) >= 11 is 0. The Balaban J connectivity index is 1.49. The van der Waals surface area contributed by atoms with Crippen LogP contribution in [0.2, 0.25) is 18.1 Å². The highest BCUT2D eigenvalue weighted by Gasteiger charge is 2.56. The minimum Gasteiger partial charge on any atom is -0.414 e. The Morgan fingerprint density at radius 2 is 1.69 bits per heavy atom. The van der Waals surface area contributed by atoms with Crippen molar-refractivity contribution in [3.8, 4) is 5.82 Å². The predicted octanol–water partition coefficient (Wildman–Crippen LogP) is 4.67. The van der Waals surface area contributed by atoms with Crippen LogP contribution in [0.25, 0.3) is 17.0 Å². The van der Waals surface area contributed by atoms with E-state index in [1.807, 2.05) is 18.4 Å². The van der Waals surface area contributed by atoms with Gasteiger partial charge in [-0.05, 0) is 58.0 Å². The summed E-state index contributed by atoms with van der Waals surface area (Å²) in [5, 5.41) is 0.110. The average molecular weight is 500 g/mol. The molecule has 10 heteroatoms. The van der Waals surface area contributed by atoms with Crippen molar-refractivity contribution in [2.24, 2.45) is 0 Å². The molecule has 0 aliphatic carbocycles. The summed E-state index contributed by atoms with van der Waals surface area (Å²) < 4.78 is 29.8. The lowest BCUT2D eigenvalue weighted by Gasteiger charge is -2.37. The van der Waals surface area contributed by atoms with Crippen molar-refractivity contribution in [1.82, 2.24) is 24.1 Å². The summed E-state index contributed by atoms with van der Waals surface area (Å²) in [7, 11) is -1.95. The molecule has 0 spiro atoms. The van der Waals surface area contributed by atoms with E-state index in [2.05, 4.69) is 74.4 Å². The van der Waals surface area contributed by atoms with E-state index >= 15 is 0 Å². The van der Waals surface area contributed by atoms with Crippen molar-refractivity contribution in [1.29, 1.82) is 0 Å². The lowest BCUT2D eigenvalue weighted by Crippen LogP contribution is -2.44. The zero-order valence-electron chi connectivity index (χ0n) is 22.2. The largest absolute Gasteiger partial charge is 0.414 e. The van der Waals surface area contributed by atoms with Gasteiger partial charge in [0.15, 0.2) is 37.3 Å². The molecular weight excluding hydrogens is 462 g/mol. The molecule has 0 saturated carbocycles. The van der Waals surface area contributed by atoms with Crippen LogP contribution in [0.15, 0.2) is 24.8 Å². The van der Waals surface area contributed by atoms with Crippen molar-refractivity contribution < 1.29 is 18.6 Å². The number of aryl methyl sites for hydroxylation is 2. The van der Waals surface area contributed by atoms with E-state index in [9.17, 15) is 0 Å².